The number of rotatable bonds is 6. The Labute approximate surface area is 141 Å². The van der Waals surface area contributed by atoms with E-state index in [0.717, 1.165) is 18.9 Å². The molecule has 1 fully saturated rings. The molecule has 8 heteroatoms. The van der Waals surface area contributed by atoms with Gasteiger partial charge < -0.3 is 14.9 Å². The number of carbonyl (C=O) groups is 2. The molecule has 1 amide bonds. The number of hydrogen-bond donors (Lipinski definition) is 2. The van der Waals surface area contributed by atoms with Gasteiger partial charge in [0, 0.05) is 12.0 Å². The van der Waals surface area contributed by atoms with Crippen LogP contribution in [-0.2, 0) is 4.79 Å². The topological polar surface area (TPSA) is 92.4 Å². The molecule has 0 radical (unpaired) electrons. The molecule has 2 aromatic rings. The van der Waals surface area contributed by atoms with Gasteiger partial charge in [0.15, 0.2) is 5.69 Å². The standard InChI is InChI=1S/C16H14ClFN2O4/c17-10-4-3-9(5-11(10)18)12(7-15(21)22)19-16(23)13-6-14(24-20-13)8-1-2-8/h3-6,8,12H,1-2,7H2,(H,19,23)(H,21,22). The Morgan fingerprint density at radius 3 is 2.79 bits per heavy atom. The van der Waals surface area contributed by atoms with Gasteiger partial charge in [0.2, 0.25) is 0 Å². The van der Waals surface area contributed by atoms with Crippen molar-refractivity contribution in [2.24, 2.45) is 0 Å². The Balaban J connectivity index is 1.78. The summed E-state index contributed by atoms with van der Waals surface area (Å²) >= 11 is 5.63. The molecule has 0 spiro atoms. The van der Waals surface area contributed by atoms with Gasteiger partial charge in [0.05, 0.1) is 17.5 Å². The number of carboxylic acids is 1. The molecule has 24 heavy (non-hydrogen) atoms. The summed E-state index contributed by atoms with van der Waals surface area (Å²) in [6, 6.07) is 4.52. The third kappa shape index (κ3) is 3.73. The minimum atomic E-state index is -1.13. The van der Waals surface area contributed by atoms with Crippen molar-refractivity contribution in [3.63, 3.8) is 0 Å². The van der Waals surface area contributed by atoms with Crippen LogP contribution in [0.15, 0.2) is 28.8 Å². The molecule has 1 saturated carbocycles. The quantitative estimate of drug-likeness (QED) is 0.832. The van der Waals surface area contributed by atoms with Gasteiger partial charge in [-0.25, -0.2) is 4.39 Å². The zero-order valence-electron chi connectivity index (χ0n) is 12.5. The number of aliphatic carboxylic acids is 1. The lowest BCUT2D eigenvalue weighted by Crippen LogP contribution is -2.30. The van der Waals surface area contributed by atoms with E-state index < -0.39 is 30.2 Å². The van der Waals surface area contributed by atoms with Gasteiger partial charge in [-0.05, 0) is 30.5 Å². The average Bonchev–Trinajstić information content (AvgIpc) is 3.26. The first kappa shape index (κ1) is 16.4. The molecule has 1 aromatic carbocycles. The lowest BCUT2D eigenvalue weighted by molar-refractivity contribution is -0.137. The van der Waals surface area contributed by atoms with Crippen LogP contribution in [0.4, 0.5) is 4.39 Å². The molecular formula is C16H14ClFN2O4. The van der Waals surface area contributed by atoms with Crippen molar-refractivity contribution in [2.75, 3.05) is 0 Å². The maximum absolute atomic E-state index is 13.6. The van der Waals surface area contributed by atoms with E-state index in [-0.39, 0.29) is 10.7 Å². The molecule has 1 aliphatic carbocycles. The van der Waals surface area contributed by atoms with E-state index in [2.05, 4.69) is 10.5 Å². The van der Waals surface area contributed by atoms with Crippen molar-refractivity contribution < 1.29 is 23.6 Å². The zero-order chi connectivity index (χ0) is 17.3. The Morgan fingerprint density at radius 1 is 1.42 bits per heavy atom. The van der Waals surface area contributed by atoms with E-state index in [4.69, 9.17) is 21.2 Å². The Hall–Kier alpha value is -2.41. The number of halogens is 2. The van der Waals surface area contributed by atoms with Crippen molar-refractivity contribution in [3.8, 4) is 0 Å². The maximum Gasteiger partial charge on any atom is 0.305 e. The molecule has 1 unspecified atom stereocenters. The number of hydrogen-bond acceptors (Lipinski definition) is 4. The first-order chi connectivity index (χ1) is 11.4. The first-order valence-corrected chi connectivity index (χ1v) is 7.76. The molecule has 1 atom stereocenters. The Bertz CT molecular complexity index is 788. The van der Waals surface area contributed by atoms with Crippen LogP contribution in [0.5, 0.6) is 0 Å². The van der Waals surface area contributed by atoms with Crippen molar-refractivity contribution in [1.29, 1.82) is 0 Å². The second-order valence-corrected chi connectivity index (χ2v) is 6.09. The van der Waals surface area contributed by atoms with Crippen LogP contribution in [-0.4, -0.2) is 22.1 Å². The van der Waals surface area contributed by atoms with Crippen LogP contribution in [0.25, 0.3) is 0 Å². The molecule has 3 rings (SSSR count). The molecule has 0 saturated heterocycles. The van der Waals surface area contributed by atoms with Crippen molar-refractivity contribution in [3.05, 3.63) is 52.1 Å². The molecule has 2 N–H and O–H groups in total. The fraction of sp³-hybridized carbons (Fsp3) is 0.312. The normalized spacial score (nSPS) is 15.1. The summed E-state index contributed by atoms with van der Waals surface area (Å²) in [4.78, 5) is 23.3. The minimum Gasteiger partial charge on any atom is -0.481 e. The molecule has 1 aliphatic rings. The van der Waals surface area contributed by atoms with Gasteiger partial charge in [-0.15, -0.1) is 0 Å². The Morgan fingerprint density at radius 2 is 2.17 bits per heavy atom. The predicted octanol–water partition coefficient (Wildman–Crippen LogP) is 3.29. The summed E-state index contributed by atoms with van der Waals surface area (Å²) in [6.07, 6.45) is 1.60. The second kappa shape index (κ2) is 6.60. The summed E-state index contributed by atoms with van der Waals surface area (Å²) in [5.41, 5.74) is 0.375. The van der Waals surface area contributed by atoms with Gasteiger partial charge in [-0.2, -0.15) is 0 Å². The van der Waals surface area contributed by atoms with E-state index in [1.54, 1.807) is 6.07 Å². The summed E-state index contributed by atoms with van der Waals surface area (Å²) in [5, 5.41) is 15.2. The number of nitrogens with one attached hydrogen (secondary N) is 1. The SMILES string of the molecule is O=C(O)CC(NC(=O)c1cc(C2CC2)on1)c1ccc(Cl)c(F)c1. The third-order valence-corrected chi connectivity index (χ3v) is 4.08. The lowest BCUT2D eigenvalue weighted by atomic mass is 10.0. The van der Waals surface area contributed by atoms with Crippen LogP contribution in [0.2, 0.25) is 5.02 Å². The fourth-order valence-corrected chi connectivity index (χ4v) is 2.46. The highest BCUT2D eigenvalue weighted by Gasteiger charge is 2.29. The number of nitrogens with zero attached hydrogens (tertiary/aromatic N) is 1. The highest BCUT2D eigenvalue weighted by molar-refractivity contribution is 6.30. The predicted molar refractivity (Wildman–Crippen MR) is 82.3 cm³/mol. The van der Waals surface area contributed by atoms with Crippen LogP contribution in [0.3, 0.4) is 0 Å². The Kier molecular flexibility index (Phi) is 4.53. The van der Waals surface area contributed by atoms with Crippen LogP contribution >= 0.6 is 11.6 Å². The minimum absolute atomic E-state index is 0.0710. The summed E-state index contributed by atoms with van der Waals surface area (Å²) in [6.45, 7) is 0. The highest BCUT2D eigenvalue weighted by Crippen LogP contribution is 2.40. The van der Waals surface area contributed by atoms with E-state index in [1.165, 1.54) is 12.1 Å². The largest absolute Gasteiger partial charge is 0.481 e. The smallest absolute Gasteiger partial charge is 0.305 e. The van der Waals surface area contributed by atoms with E-state index in [0.29, 0.717) is 17.2 Å². The van der Waals surface area contributed by atoms with Gasteiger partial charge in [0.1, 0.15) is 11.6 Å². The fourth-order valence-electron chi connectivity index (χ4n) is 2.34. The molecular weight excluding hydrogens is 339 g/mol. The molecule has 0 aliphatic heterocycles. The van der Waals surface area contributed by atoms with Gasteiger partial charge in [0.25, 0.3) is 5.91 Å². The van der Waals surface area contributed by atoms with Gasteiger partial charge in [-0.1, -0.05) is 22.8 Å². The van der Waals surface area contributed by atoms with E-state index in [9.17, 15) is 14.0 Å². The van der Waals surface area contributed by atoms with Crippen molar-refractivity contribution in [1.82, 2.24) is 10.5 Å². The summed E-state index contributed by atoms with van der Waals surface area (Å²) in [5.74, 6) is -1.44. The monoisotopic (exact) mass is 352 g/mol. The highest BCUT2D eigenvalue weighted by atomic mass is 35.5. The molecule has 126 valence electrons. The van der Waals surface area contributed by atoms with Crippen LogP contribution in [0, 0.1) is 5.82 Å². The molecule has 6 nitrogen and oxygen atoms in total. The van der Waals surface area contributed by atoms with Crippen LogP contribution < -0.4 is 5.32 Å². The lowest BCUT2D eigenvalue weighted by Gasteiger charge is -2.17. The number of benzene rings is 1. The first-order valence-electron chi connectivity index (χ1n) is 7.38. The second-order valence-electron chi connectivity index (χ2n) is 5.69. The van der Waals surface area contributed by atoms with Crippen molar-refractivity contribution >= 4 is 23.5 Å². The molecule has 0 bridgehead atoms. The van der Waals surface area contributed by atoms with E-state index >= 15 is 0 Å². The number of aromatic nitrogens is 1. The molecule has 1 heterocycles. The zero-order valence-corrected chi connectivity index (χ0v) is 13.2. The number of carboxylic acid groups (broad SMARTS) is 1. The maximum atomic E-state index is 13.6. The summed E-state index contributed by atoms with van der Waals surface area (Å²) < 4.78 is 18.7. The van der Waals surface area contributed by atoms with E-state index in [1.807, 2.05) is 0 Å². The average molecular weight is 353 g/mol. The number of carbonyl (C=O) groups excluding carboxylic acids is 1. The van der Waals surface area contributed by atoms with Gasteiger partial charge >= 0.3 is 5.97 Å². The van der Waals surface area contributed by atoms with Gasteiger partial charge in [-0.3, -0.25) is 9.59 Å². The third-order valence-electron chi connectivity index (χ3n) is 3.77. The number of amides is 1. The summed E-state index contributed by atoms with van der Waals surface area (Å²) in [7, 11) is 0. The molecule has 1 aromatic heterocycles. The van der Waals surface area contributed by atoms with Crippen LogP contribution in [0.1, 0.15) is 53.0 Å². The van der Waals surface area contributed by atoms with Crippen molar-refractivity contribution in [2.45, 2.75) is 31.2 Å².